The Hall–Kier alpha value is -0.820. The third-order valence-corrected chi connectivity index (χ3v) is 4.75. The molecule has 1 heterocycles. The van der Waals surface area contributed by atoms with Crippen LogP contribution in [0.25, 0.3) is 0 Å². The molecule has 0 amide bonds. The lowest BCUT2D eigenvalue weighted by Gasteiger charge is -2.20. The van der Waals surface area contributed by atoms with Gasteiger partial charge >= 0.3 is 0 Å². The van der Waals surface area contributed by atoms with E-state index in [9.17, 15) is 0 Å². The van der Waals surface area contributed by atoms with Crippen molar-refractivity contribution in [2.24, 2.45) is 11.8 Å². The van der Waals surface area contributed by atoms with Gasteiger partial charge in [-0.1, -0.05) is 57.9 Å². The number of aryl methyl sites for hydroxylation is 1. The summed E-state index contributed by atoms with van der Waals surface area (Å²) < 4.78 is 0. The smallest absolute Gasteiger partial charge is 0.00103 e. The highest BCUT2D eigenvalue weighted by molar-refractivity contribution is 5.23. The molecule has 0 saturated carbocycles. The summed E-state index contributed by atoms with van der Waals surface area (Å²) >= 11 is 0. The summed E-state index contributed by atoms with van der Waals surface area (Å²) in [6, 6.07) is 9.39. The van der Waals surface area contributed by atoms with Crippen molar-refractivity contribution in [2.45, 2.75) is 59.3 Å². The Balaban J connectivity index is 1.74. The Kier molecular flexibility index (Phi) is 6.76. The van der Waals surface area contributed by atoms with Gasteiger partial charge in [0.2, 0.25) is 0 Å². The van der Waals surface area contributed by atoms with Crippen LogP contribution < -0.4 is 0 Å². The molecule has 1 aliphatic heterocycles. The van der Waals surface area contributed by atoms with Crippen molar-refractivity contribution in [1.82, 2.24) is 4.90 Å². The first kappa shape index (κ1) is 16.5. The molecule has 0 aliphatic carbocycles. The first-order chi connectivity index (χ1) is 10.2. The van der Waals surface area contributed by atoms with Gasteiger partial charge in [-0.15, -0.1) is 0 Å². The van der Waals surface area contributed by atoms with E-state index < -0.39 is 0 Å². The summed E-state index contributed by atoms with van der Waals surface area (Å²) in [5, 5.41) is 0. The molecule has 0 spiro atoms. The molecule has 0 N–H and O–H groups in total. The van der Waals surface area contributed by atoms with Gasteiger partial charge in [0.15, 0.2) is 0 Å². The van der Waals surface area contributed by atoms with Crippen molar-refractivity contribution in [3.63, 3.8) is 0 Å². The quantitative estimate of drug-likeness (QED) is 0.612. The maximum Gasteiger partial charge on any atom is 0.00103 e. The van der Waals surface area contributed by atoms with Crippen LogP contribution in [-0.2, 0) is 12.8 Å². The lowest BCUT2D eigenvalue weighted by Crippen LogP contribution is -2.27. The molecule has 1 aliphatic rings. The normalized spacial score (nSPS) is 20.8. The second-order valence-electron chi connectivity index (χ2n) is 7.24. The highest BCUT2D eigenvalue weighted by Gasteiger charge is 2.20. The van der Waals surface area contributed by atoms with Crippen LogP contribution in [0.5, 0.6) is 0 Å². The van der Waals surface area contributed by atoms with Gasteiger partial charge in [-0.25, -0.2) is 0 Å². The number of likely N-dealkylation sites (tertiary alicyclic amines) is 1. The van der Waals surface area contributed by atoms with E-state index in [0.717, 1.165) is 11.8 Å². The average Bonchev–Trinajstić information content (AvgIpc) is 2.86. The summed E-state index contributed by atoms with van der Waals surface area (Å²) in [6.45, 7) is 10.9. The third-order valence-electron chi connectivity index (χ3n) is 4.75. The van der Waals surface area contributed by atoms with Gasteiger partial charge < -0.3 is 4.90 Å². The van der Waals surface area contributed by atoms with Gasteiger partial charge in [0, 0.05) is 13.1 Å². The molecule has 1 unspecified atom stereocenters. The number of hydrogen-bond donors (Lipinski definition) is 0. The van der Waals surface area contributed by atoms with Gasteiger partial charge in [-0.05, 0) is 55.2 Å². The van der Waals surface area contributed by atoms with E-state index in [4.69, 9.17) is 0 Å². The standard InChI is InChI=1S/C20H33N/c1-4-5-6-7-19-8-10-20(11-9-19)14-18(3)16-21-13-12-17(2)15-21/h8-11,17-18H,4-7,12-16H2,1-3H3/t17?,18-/m0/s1. The van der Waals surface area contributed by atoms with Crippen LogP contribution >= 0.6 is 0 Å². The highest BCUT2D eigenvalue weighted by atomic mass is 15.1. The second-order valence-corrected chi connectivity index (χ2v) is 7.24. The van der Waals surface area contributed by atoms with Crippen LogP contribution in [0, 0.1) is 11.8 Å². The zero-order valence-electron chi connectivity index (χ0n) is 14.3. The fourth-order valence-electron chi connectivity index (χ4n) is 3.52. The molecule has 0 aromatic heterocycles. The number of hydrogen-bond acceptors (Lipinski definition) is 1. The molecule has 1 aromatic carbocycles. The molecule has 1 saturated heterocycles. The minimum Gasteiger partial charge on any atom is -0.303 e. The number of rotatable bonds is 8. The fraction of sp³-hybridized carbons (Fsp3) is 0.700. The van der Waals surface area contributed by atoms with Crippen molar-refractivity contribution in [1.29, 1.82) is 0 Å². The Morgan fingerprint density at radius 1 is 1.14 bits per heavy atom. The largest absolute Gasteiger partial charge is 0.303 e. The molecule has 2 atom stereocenters. The van der Waals surface area contributed by atoms with Crippen molar-refractivity contribution in [2.75, 3.05) is 19.6 Å². The lowest BCUT2D eigenvalue weighted by molar-refractivity contribution is 0.279. The Bertz CT molecular complexity index is 395. The minimum atomic E-state index is 0.765. The van der Waals surface area contributed by atoms with Crippen molar-refractivity contribution in [3.05, 3.63) is 35.4 Å². The van der Waals surface area contributed by atoms with E-state index >= 15 is 0 Å². The van der Waals surface area contributed by atoms with Gasteiger partial charge in [0.1, 0.15) is 0 Å². The van der Waals surface area contributed by atoms with Crippen molar-refractivity contribution < 1.29 is 0 Å². The zero-order valence-corrected chi connectivity index (χ0v) is 14.3. The van der Waals surface area contributed by atoms with E-state index in [1.54, 1.807) is 0 Å². The van der Waals surface area contributed by atoms with Crippen LogP contribution in [0.1, 0.15) is 57.6 Å². The molecule has 1 nitrogen and oxygen atoms in total. The predicted octanol–water partition coefficient (Wildman–Crippen LogP) is 4.94. The molecule has 0 bridgehead atoms. The predicted molar refractivity (Wildman–Crippen MR) is 92.8 cm³/mol. The van der Waals surface area contributed by atoms with Gasteiger partial charge in [0.25, 0.3) is 0 Å². The summed E-state index contributed by atoms with van der Waals surface area (Å²) in [4.78, 5) is 2.65. The highest BCUT2D eigenvalue weighted by Crippen LogP contribution is 2.18. The van der Waals surface area contributed by atoms with Gasteiger partial charge in [-0.3, -0.25) is 0 Å². The Morgan fingerprint density at radius 2 is 1.86 bits per heavy atom. The minimum absolute atomic E-state index is 0.765. The fourth-order valence-corrected chi connectivity index (χ4v) is 3.52. The molecule has 1 fully saturated rings. The molecule has 21 heavy (non-hydrogen) atoms. The van der Waals surface area contributed by atoms with E-state index in [1.807, 2.05) is 0 Å². The molecule has 118 valence electrons. The van der Waals surface area contributed by atoms with Gasteiger partial charge in [0.05, 0.1) is 0 Å². The first-order valence-corrected chi connectivity index (χ1v) is 8.97. The molecular formula is C20H33N. The Labute approximate surface area is 131 Å². The molecule has 1 aromatic rings. The van der Waals surface area contributed by atoms with Crippen LogP contribution in [0.3, 0.4) is 0 Å². The molecule has 1 heteroatoms. The topological polar surface area (TPSA) is 3.24 Å². The number of benzene rings is 1. The van der Waals surface area contributed by atoms with E-state index in [1.165, 1.54) is 69.3 Å². The lowest BCUT2D eigenvalue weighted by atomic mass is 9.98. The maximum atomic E-state index is 2.65. The van der Waals surface area contributed by atoms with E-state index in [0.29, 0.717) is 0 Å². The summed E-state index contributed by atoms with van der Waals surface area (Å²) in [7, 11) is 0. The molecule has 0 radical (unpaired) electrons. The first-order valence-electron chi connectivity index (χ1n) is 8.97. The van der Waals surface area contributed by atoms with E-state index in [-0.39, 0.29) is 0 Å². The van der Waals surface area contributed by atoms with Gasteiger partial charge in [-0.2, -0.15) is 0 Å². The summed E-state index contributed by atoms with van der Waals surface area (Å²) in [5.74, 6) is 1.67. The average molecular weight is 287 g/mol. The monoisotopic (exact) mass is 287 g/mol. The maximum absolute atomic E-state index is 2.65. The van der Waals surface area contributed by atoms with Crippen LogP contribution in [-0.4, -0.2) is 24.5 Å². The SMILES string of the molecule is CCCCCc1ccc(C[C@H](C)CN2CCC(C)C2)cc1. The number of unbranched alkanes of at least 4 members (excludes halogenated alkanes) is 2. The van der Waals surface area contributed by atoms with Crippen molar-refractivity contribution in [3.8, 4) is 0 Å². The van der Waals surface area contributed by atoms with Crippen LogP contribution in [0.4, 0.5) is 0 Å². The molecular weight excluding hydrogens is 254 g/mol. The van der Waals surface area contributed by atoms with Crippen molar-refractivity contribution >= 4 is 0 Å². The van der Waals surface area contributed by atoms with Crippen LogP contribution in [0.15, 0.2) is 24.3 Å². The Morgan fingerprint density at radius 3 is 2.48 bits per heavy atom. The number of nitrogens with zero attached hydrogens (tertiary/aromatic N) is 1. The molecule has 2 rings (SSSR count). The third kappa shape index (κ3) is 5.82. The zero-order chi connectivity index (χ0) is 15.1. The summed E-state index contributed by atoms with van der Waals surface area (Å²) in [5.41, 5.74) is 3.02. The second kappa shape index (κ2) is 8.58. The van der Waals surface area contributed by atoms with Crippen LogP contribution in [0.2, 0.25) is 0 Å². The summed E-state index contributed by atoms with van der Waals surface area (Å²) in [6.07, 6.45) is 7.85. The van der Waals surface area contributed by atoms with E-state index in [2.05, 4.69) is 49.9 Å².